The molecule has 2 heterocycles. The topological polar surface area (TPSA) is 79.5 Å². The van der Waals surface area contributed by atoms with Crippen molar-refractivity contribution in [2.45, 2.75) is 52.0 Å². The highest BCUT2D eigenvalue weighted by atomic mass is 16.3. The molecule has 0 atom stereocenters. The number of hydrogen-bond acceptors (Lipinski definition) is 5. The molecule has 0 spiro atoms. The second-order valence-electron chi connectivity index (χ2n) is 6.11. The first-order valence-corrected chi connectivity index (χ1v) is 8.30. The van der Waals surface area contributed by atoms with E-state index in [1.54, 1.807) is 4.57 Å². The Morgan fingerprint density at radius 1 is 1.36 bits per heavy atom. The molecular weight excluding hydrogens is 280 g/mol. The van der Waals surface area contributed by atoms with E-state index in [1.807, 2.05) is 6.92 Å². The molecule has 6 nitrogen and oxygen atoms in total. The van der Waals surface area contributed by atoms with Crippen molar-refractivity contribution >= 4 is 17.5 Å². The summed E-state index contributed by atoms with van der Waals surface area (Å²) in [5.74, 6) is 1.64. The summed E-state index contributed by atoms with van der Waals surface area (Å²) in [6.07, 6.45) is 6.42. The Morgan fingerprint density at radius 3 is 2.82 bits per heavy atom. The fourth-order valence-electron chi connectivity index (χ4n) is 3.42. The summed E-state index contributed by atoms with van der Waals surface area (Å²) in [5.41, 5.74) is 1.90. The summed E-state index contributed by atoms with van der Waals surface area (Å²) in [5, 5.41) is 12.0. The van der Waals surface area contributed by atoms with Crippen LogP contribution >= 0.6 is 0 Å². The minimum atomic E-state index is 0.00960. The van der Waals surface area contributed by atoms with Crippen molar-refractivity contribution in [2.24, 2.45) is 10.9 Å². The molecule has 2 N–H and O–H groups in total. The van der Waals surface area contributed by atoms with E-state index in [0.717, 1.165) is 17.7 Å². The summed E-state index contributed by atoms with van der Waals surface area (Å²) >= 11 is 0. The summed E-state index contributed by atoms with van der Waals surface area (Å²) in [6, 6.07) is 0. The third kappa shape index (κ3) is 2.79. The highest BCUT2D eigenvalue weighted by Gasteiger charge is 2.29. The Balaban J connectivity index is 1.94. The zero-order valence-corrected chi connectivity index (χ0v) is 13.1. The maximum atomic E-state index is 12.7. The maximum Gasteiger partial charge on any atom is 0.260 e. The van der Waals surface area contributed by atoms with Gasteiger partial charge in [0.15, 0.2) is 5.82 Å². The lowest BCUT2D eigenvalue weighted by Crippen LogP contribution is -2.28. The molecule has 6 heteroatoms. The molecule has 120 valence electrons. The van der Waals surface area contributed by atoms with Crippen LogP contribution in [-0.2, 0) is 13.0 Å². The van der Waals surface area contributed by atoms with Gasteiger partial charge in [0.25, 0.3) is 5.56 Å². The number of aliphatic imine (C=N–C) groups is 1. The Bertz CT molecular complexity index is 630. The number of nitrogens with one attached hydrogen (secondary N) is 1. The molecule has 0 bridgehead atoms. The van der Waals surface area contributed by atoms with Gasteiger partial charge in [-0.15, -0.1) is 0 Å². The monoisotopic (exact) mass is 304 g/mol. The van der Waals surface area contributed by atoms with Crippen LogP contribution in [0.15, 0.2) is 9.79 Å². The van der Waals surface area contributed by atoms with E-state index in [2.05, 4.69) is 15.3 Å². The Kier molecular flexibility index (Phi) is 4.57. The van der Waals surface area contributed by atoms with Gasteiger partial charge in [0, 0.05) is 25.2 Å². The first kappa shape index (κ1) is 15.2. The maximum absolute atomic E-state index is 12.7. The van der Waals surface area contributed by atoms with Crippen LogP contribution in [0, 0.1) is 5.92 Å². The van der Waals surface area contributed by atoms with Gasteiger partial charge in [-0.3, -0.25) is 9.36 Å². The van der Waals surface area contributed by atoms with Crippen molar-refractivity contribution in [3.63, 3.8) is 0 Å². The third-order valence-corrected chi connectivity index (χ3v) is 4.52. The van der Waals surface area contributed by atoms with Gasteiger partial charge >= 0.3 is 0 Å². The van der Waals surface area contributed by atoms with E-state index in [9.17, 15) is 4.79 Å². The molecule has 1 aliphatic heterocycles. The van der Waals surface area contributed by atoms with Crippen LogP contribution < -0.4 is 10.9 Å². The third-order valence-electron chi connectivity index (χ3n) is 4.52. The highest BCUT2D eigenvalue weighted by Crippen LogP contribution is 2.33. The highest BCUT2D eigenvalue weighted by molar-refractivity contribution is 5.95. The minimum Gasteiger partial charge on any atom is -0.395 e. The van der Waals surface area contributed by atoms with Crippen LogP contribution in [0.1, 0.15) is 44.6 Å². The summed E-state index contributed by atoms with van der Waals surface area (Å²) in [4.78, 5) is 21.9. The first-order chi connectivity index (χ1) is 10.7. The molecule has 1 aromatic heterocycles. The molecule has 1 aromatic rings. The van der Waals surface area contributed by atoms with Crippen molar-refractivity contribution in [3.8, 4) is 0 Å². The van der Waals surface area contributed by atoms with Crippen LogP contribution in [0.25, 0.3) is 0 Å². The fraction of sp³-hybridized carbons (Fsp3) is 0.688. The van der Waals surface area contributed by atoms with E-state index in [4.69, 9.17) is 5.11 Å². The number of aliphatic hydroxyl groups excluding tert-OH is 1. The van der Waals surface area contributed by atoms with Gasteiger partial charge in [-0.25, -0.2) is 4.99 Å². The molecule has 22 heavy (non-hydrogen) atoms. The van der Waals surface area contributed by atoms with E-state index < -0.39 is 0 Å². The molecule has 0 aromatic carbocycles. The zero-order valence-electron chi connectivity index (χ0n) is 13.1. The number of aromatic nitrogens is 2. The molecular formula is C16H24N4O2. The Hall–Kier alpha value is -1.69. The second kappa shape index (κ2) is 6.60. The lowest BCUT2D eigenvalue weighted by molar-refractivity contribution is 0.310. The average molecular weight is 304 g/mol. The number of fused-ring (bicyclic) bond motifs is 1. The van der Waals surface area contributed by atoms with Crippen LogP contribution in [0.2, 0.25) is 0 Å². The van der Waals surface area contributed by atoms with E-state index in [1.165, 1.54) is 25.7 Å². The van der Waals surface area contributed by atoms with E-state index in [0.29, 0.717) is 37.2 Å². The van der Waals surface area contributed by atoms with Crippen LogP contribution in [0.3, 0.4) is 0 Å². The van der Waals surface area contributed by atoms with Gasteiger partial charge in [0.1, 0.15) is 0 Å². The van der Waals surface area contributed by atoms with Gasteiger partial charge < -0.3 is 10.4 Å². The number of anilines is 1. The largest absolute Gasteiger partial charge is 0.395 e. The van der Waals surface area contributed by atoms with Gasteiger partial charge in [-0.1, -0.05) is 19.8 Å². The molecule has 0 unspecified atom stereocenters. The first-order valence-electron chi connectivity index (χ1n) is 8.30. The molecule has 0 amide bonds. The summed E-state index contributed by atoms with van der Waals surface area (Å²) in [6.45, 7) is 3.06. The second-order valence-corrected chi connectivity index (χ2v) is 6.11. The molecule has 3 rings (SSSR count). The molecule has 2 aliphatic rings. The number of aliphatic hydroxyl groups is 1. The van der Waals surface area contributed by atoms with Crippen LogP contribution in [0.5, 0.6) is 0 Å². The van der Waals surface area contributed by atoms with E-state index >= 15 is 0 Å². The van der Waals surface area contributed by atoms with E-state index in [-0.39, 0.29) is 12.2 Å². The van der Waals surface area contributed by atoms with Crippen molar-refractivity contribution < 1.29 is 5.11 Å². The summed E-state index contributed by atoms with van der Waals surface area (Å²) < 4.78 is 1.68. The van der Waals surface area contributed by atoms with Gasteiger partial charge in [0.2, 0.25) is 5.95 Å². The molecule has 1 fully saturated rings. The van der Waals surface area contributed by atoms with Gasteiger partial charge in [-0.05, 0) is 25.2 Å². The molecule has 0 saturated heterocycles. The Labute approximate surface area is 130 Å². The lowest BCUT2D eigenvalue weighted by Gasteiger charge is -2.13. The lowest BCUT2D eigenvalue weighted by atomic mass is 9.98. The van der Waals surface area contributed by atoms with Crippen molar-refractivity contribution in [1.82, 2.24) is 9.55 Å². The predicted molar refractivity (Wildman–Crippen MR) is 87.1 cm³/mol. The van der Waals surface area contributed by atoms with Crippen LogP contribution in [-0.4, -0.2) is 33.5 Å². The molecule has 0 radical (unpaired) electrons. The molecule has 1 aliphatic carbocycles. The van der Waals surface area contributed by atoms with Crippen molar-refractivity contribution in [3.05, 3.63) is 15.9 Å². The zero-order chi connectivity index (χ0) is 15.5. The Morgan fingerprint density at radius 2 is 2.14 bits per heavy atom. The van der Waals surface area contributed by atoms with Gasteiger partial charge in [-0.2, -0.15) is 4.98 Å². The quantitative estimate of drug-likeness (QED) is 0.841. The van der Waals surface area contributed by atoms with Crippen molar-refractivity contribution in [1.29, 1.82) is 0 Å². The SMILES string of the molecule is CCCn1c(NCCO)nc2c(c1=O)CC(C1CCCC1)=N2. The smallest absolute Gasteiger partial charge is 0.260 e. The number of hydrogen-bond donors (Lipinski definition) is 2. The fourth-order valence-corrected chi connectivity index (χ4v) is 3.42. The normalized spacial score (nSPS) is 17.6. The van der Waals surface area contributed by atoms with Crippen LogP contribution in [0.4, 0.5) is 11.8 Å². The average Bonchev–Trinajstić information content (AvgIpc) is 3.17. The number of nitrogens with zero attached hydrogens (tertiary/aromatic N) is 3. The standard InChI is InChI=1S/C16H24N4O2/c1-2-8-20-15(22)12-10-13(11-5-3-4-6-11)18-14(12)19-16(20)17-7-9-21/h11,21H,2-10H2,1H3,(H,17,19). The summed E-state index contributed by atoms with van der Waals surface area (Å²) in [7, 11) is 0. The van der Waals surface area contributed by atoms with Gasteiger partial charge in [0.05, 0.1) is 12.2 Å². The molecule has 1 saturated carbocycles. The predicted octanol–water partition coefficient (Wildman–Crippen LogP) is 1.88. The van der Waals surface area contributed by atoms with Crippen molar-refractivity contribution in [2.75, 3.05) is 18.5 Å². The minimum absolute atomic E-state index is 0.00960. The number of rotatable bonds is 6.